The predicted molar refractivity (Wildman–Crippen MR) is 97.1 cm³/mol. The van der Waals surface area contributed by atoms with Gasteiger partial charge in [-0.25, -0.2) is 0 Å². The molecule has 3 rings (SSSR count). The maximum atomic E-state index is 12.3. The van der Waals surface area contributed by atoms with Crippen LogP contribution in [0.2, 0.25) is 0 Å². The molecule has 6 nitrogen and oxygen atoms in total. The summed E-state index contributed by atoms with van der Waals surface area (Å²) in [6, 6.07) is 6.69. The number of fused-ring (bicyclic) bond motifs is 1. The number of carbonyl (C=O) groups is 3. The molecule has 0 aliphatic carbocycles. The van der Waals surface area contributed by atoms with E-state index in [1.54, 1.807) is 24.3 Å². The van der Waals surface area contributed by atoms with Crippen molar-refractivity contribution in [3.8, 4) is 0 Å². The first kappa shape index (κ1) is 17.5. The topological polar surface area (TPSA) is 69.7 Å². The number of nitrogens with one attached hydrogen (secondary N) is 1. The summed E-state index contributed by atoms with van der Waals surface area (Å²) in [4.78, 5) is 39.8. The Hall–Kier alpha value is -2.28. The van der Waals surface area contributed by atoms with Crippen LogP contribution >= 0.6 is 12.2 Å². The van der Waals surface area contributed by atoms with Gasteiger partial charge in [0, 0.05) is 26.1 Å². The van der Waals surface area contributed by atoms with Gasteiger partial charge in [-0.2, -0.15) is 0 Å². The van der Waals surface area contributed by atoms with Crippen LogP contribution in [-0.2, 0) is 4.79 Å². The van der Waals surface area contributed by atoms with Crippen LogP contribution in [0.15, 0.2) is 24.3 Å². The minimum absolute atomic E-state index is 0.0376. The second kappa shape index (κ2) is 7.31. The molecule has 2 heterocycles. The summed E-state index contributed by atoms with van der Waals surface area (Å²) in [5, 5.41) is 3.14. The lowest BCUT2D eigenvalue weighted by molar-refractivity contribution is -0.119. The van der Waals surface area contributed by atoms with E-state index in [1.807, 2.05) is 4.90 Å². The zero-order chi connectivity index (χ0) is 18.0. The van der Waals surface area contributed by atoms with Crippen LogP contribution in [-0.4, -0.2) is 52.3 Å². The third kappa shape index (κ3) is 3.71. The number of thiocarbonyl (C=S) groups is 1. The summed E-state index contributed by atoms with van der Waals surface area (Å²) in [5.41, 5.74) is 0.789. The van der Waals surface area contributed by atoms with Crippen molar-refractivity contribution in [1.82, 2.24) is 15.1 Å². The van der Waals surface area contributed by atoms with E-state index in [0.717, 1.165) is 30.8 Å². The molecule has 2 aliphatic heterocycles. The second-order valence-electron chi connectivity index (χ2n) is 6.58. The van der Waals surface area contributed by atoms with Crippen molar-refractivity contribution in [1.29, 1.82) is 0 Å². The predicted octanol–water partition coefficient (Wildman–Crippen LogP) is 1.81. The van der Waals surface area contributed by atoms with Crippen LogP contribution < -0.4 is 5.32 Å². The molecule has 132 valence electrons. The van der Waals surface area contributed by atoms with Crippen molar-refractivity contribution in [2.45, 2.75) is 26.2 Å². The maximum Gasteiger partial charge on any atom is 0.261 e. The Morgan fingerprint density at radius 1 is 1.16 bits per heavy atom. The molecular weight excluding hydrogens is 338 g/mol. The van der Waals surface area contributed by atoms with Crippen molar-refractivity contribution < 1.29 is 14.4 Å². The van der Waals surface area contributed by atoms with E-state index in [-0.39, 0.29) is 30.7 Å². The molecule has 0 spiro atoms. The molecule has 3 amide bonds. The van der Waals surface area contributed by atoms with Crippen molar-refractivity contribution >= 4 is 35.1 Å². The quantitative estimate of drug-likeness (QED) is 0.658. The molecule has 2 aliphatic rings. The Labute approximate surface area is 152 Å². The summed E-state index contributed by atoms with van der Waals surface area (Å²) >= 11 is 5.29. The average molecular weight is 359 g/mol. The number of carbonyl (C=O) groups excluding carboxylic acids is 3. The highest BCUT2D eigenvalue weighted by Gasteiger charge is 2.35. The van der Waals surface area contributed by atoms with E-state index in [2.05, 4.69) is 12.2 Å². The van der Waals surface area contributed by atoms with Crippen LogP contribution in [0.5, 0.6) is 0 Å². The zero-order valence-corrected chi connectivity index (χ0v) is 15.0. The van der Waals surface area contributed by atoms with Crippen molar-refractivity contribution in [3.05, 3.63) is 35.4 Å². The summed E-state index contributed by atoms with van der Waals surface area (Å²) in [6.07, 6.45) is 2.16. The molecule has 0 aromatic heterocycles. The number of amides is 3. The van der Waals surface area contributed by atoms with Gasteiger partial charge in [-0.05, 0) is 43.1 Å². The summed E-state index contributed by atoms with van der Waals surface area (Å²) in [5.74, 6) is -0.286. The van der Waals surface area contributed by atoms with Gasteiger partial charge in [0.15, 0.2) is 5.11 Å². The Bertz CT molecular complexity index is 691. The molecule has 0 unspecified atom stereocenters. The van der Waals surface area contributed by atoms with Crippen LogP contribution in [0.25, 0.3) is 0 Å². The fourth-order valence-electron chi connectivity index (χ4n) is 3.13. The van der Waals surface area contributed by atoms with Crippen LogP contribution in [0.3, 0.4) is 0 Å². The Morgan fingerprint density at radius 3 is 2.28 bits per heavy atom. The highest BCUT2D eigenvalue weighted by Crippen LogP contribution is 2.22. The molecule has 0 radical (unpaired) electrons. The third-order valence-corrected chi connectivity index (χ3v) is 5.12. The first-order chi connectivity index (χ1) is 12.0. The molecule has 1 aromatic rings. The molecule has 0 atom stereocenters. The molecule has 1 saturated heterocycles. The van der Waals surface area contributed by atoms with E-state index in [0.29, 0.717) is 22.2 Å². The van der Waals surface area contributed by atoms with E-state index in [1.165, 1.54) is 0 Å². The minimum atomic E-state index is -0.346. The molecule has 1 aromatic carbocycles. The number of likely N-dealkylation sites (tertiary alicyclic amines) is 1. The first-order valence-electron chi connectivity index (χ1n) is 8.51. The molecule has 1 N–H and O–H groups in total. The number of hydrogen-bond donors (Lipinski definition) is 1. The number of piperidine rings is 1. The van der Waals surface area contributed by atoms with Gasteiger partial charge >= 0.3 is 0 Å². The lowest BCUT2D eigenvalue weighted by atomic mass is 10.00. The van der Waals surface area contributed by atoms with E-state index < -0.39 is 0 Å². The van der Waals surface area contributed by atoms with Gasteiger partial charge in [-0.15, -0.1) is 0 Å². The summed E-state index contributed by atoms with van der Waals surface area (Å²) in [7, 11) is 0. The van der Waals surface area contributed by atoms with Crippen LogP contribution in [0.4, 0.5) is 0 Å². The van der Waals surface area contributed by atoms with Crippen molar-refractivity contribution in [3.63, 3.8) is 0 Å². The number of rotatable bonds is 3. The van der Waals surface area contributed by atoms with Gasteiger partial charge in [0.25, 0.3) is 11.8 Å². The monoisotopic (exact) mass is 359 g/mol. The van der Waals surface area contributed by atoms with Gasteiger partial charge < -0.3 is 10.2 Å². The Morgan fingerprint density at radius 2 is 1.72 bits per heavy atom. The number of benzene rings is 1. The molecular formula is C18H21N3O3S. The van der Waals surface area contributed by atoms with Crippen LogP contribution in [0, 0.1) is 5.92 Å². The van der Waals surface area contributed by atoms with Gasteiger partial charge in [0.2, 0.25) is 5.91 Å². The fraction of sp³-hybridized carbons (Fsp3) is 0.444. The van der Waals surface area contributed by atoms with Crippen LogP contribution in [0.1, 0.15) is 46.9 Å². The van der Waals surface area contributed by atoms with E-state index in [4.69, 9.17) is 12.2 Å². The van der Waals surface area contributed by atoms with Crippen molar-refractivity contribution in [2.24, 2.45) is 5.92 Å². The smallest absolute Gasteiger partial charge is 0.261 e. The summed E-state index contributed by atoms with van der Waals surface area (Å²) < 4.78 is 0. The standard InChI is InChI=1S/C18H21N3O3S/c1-12-6-9-20(10-7-12)18(25)19-15(22)8-11-21-16(23)13-4-2-3-5-14(13)17(21)24/h2-5,12H,6-11H2,1H3,(H,19,22,25). The first-order valence-corrected chi connectivity index (χ1v) is 8.92. The number of hydrogen-bond acceptors (Lipinski definition) is 4. The van der Waals surface area contributed by atoms with E-state index >= 15 is 0 Å². The molecule has 0 bridgehead atoms. The Kier molecular flexibility index (Phi) is 5.13. The minimum Gasteiger partial charge on any atom is -0.349 e. The van der Waals surface area contributed by atoms with Crippen molar-refractivity contribution in [2.75, 3.05) is 19.6 Å². The fourth-order valence-corrected chi connectivity index (χ4v) is 3.42. The Balaban J connectivity index is 1.51. The number of imide groups is 1. The lowest BCUT2D eigenvalue weighted by Gasteiger charge is -2.32. The third-order valence-electron chi connectivity index (χ3n) is 4.76. The normalized spacial score (nSPS) is 17.6. The molecule has 25 heavy (non-hydrogen) atoms. The number of nitrogens with zero attached hydrogens (tertiary/aromatic N) is 2. The zero-order valence-electron chi connectivity index (χ0n) is 14.2. The van der Waals surface area contributed by atoms with Gasteiger partial charge in [-0.1, -0.05) is 19.1 Å². The largest absolute Gasteiger partial charge is 0.349 e. The van der Waals surface area contributed by atoms with Gasteiger partial charge in [0.1, 0.15) is 0 Å². The summed E-state index contributed by atoms with van der Waals surface area (Å²) in [6.45, 7) is 3.95. The van der Waals surface area contributed by atoms with Gasteiger partial charge in [0.05, 0.1) is 11.1 Å². The van der Waals surface area contributed by atoms with E-state index in [9.17, 15) is 14.4 Å². The average Bonchev–Trinajstić information content (AvgIpc) is 2.85. The second-order valence-corrected chi connectivity index (χ2v) is 6.97. The SMILES string of the molecule is CC1CCN(C(=S)NC(=O)CCN2C(=O)c3ccccc3C2=O)CC1. The molecule has 7 heteroatoms. The maximum absolute atomic E-state index is 12.3. The highest BCUT2D eigenvalue weighted by atomic mass is 32.1. The highest BCUT2D eigenvalue weighted by molar-refractivity contribution is 7.80. The lowest BCUT2D eigenvalue weighted by Crippen LogP contribution is -2.46. The molecule has 0 saturated carbocycles. The van der Waals surface area contributed by atoms with Gasteiger partial charge in [-0.3, -0.25) is 19.3 Å². The molecule has 1 fully saturated rings.